The Morgan fingerprint density at radius 1 is 1.38 bits per heavy atom. The number of phenolic OH excluding ortho intramolecular Hbond substituents is 1. The van der Waals surface area contributed by atoms with Gasteiger partial charge < -0.3 is 16.2 Å². The molecule has 0 amide bonds. The Bertz CT molecular complexity index is 333. The highest BCUT2D eigenvalue weighted by molar-refractivity contribution is 9.11. The van der Waals surface area contributed by atoms with E-state index in [1.807, 2.05) is 0 Å². The quantitative estimate of drug-likeness (QED) is 0.548. The molecule has 0 unspecified atom stereocenters. The van der Waals surface area contributed by atoms with Crippen LogP contribution in [0.1, 0.15) is 0 Å². The summed E-state index contributed by atoms with van der Waals surface area (Å²) in [7, 11) is 0. The van der Waals surface area contributed by atoms with Gasteiger partial charge in [0.25, 0.3) is 0 Å². The van der Waals surface area contributed by atoms with E-state index in [0.29, 0.717) is 14.6 Å². The largest absolute Gasteiger partial charge is 0.506 e. The molecule has 1 aromatic carbocycles. The number of halogens is 2. The monoisotopic (exact) mass is 324 g/mol. The maximum atomic E-state index is 9.38. The Morgan fingerprint density at radius 2 is 1.85 bits per heavy atom. The van der Waals surface area contributed by atoms with Gasteiger partial charge >= 0.3 is 0 Å². The lowest BCUT2D eigenvalue weighted by Gasteiger charge is -2.06. The fourth-order valence-corrected chi connectivity index (χ4v) is 2.08. The average Bonchev–Trinajstić information content (AvgIpc) is 1.98. The first-order chi connectivity index (χ1) is 6.00. The van der Waals surface area contributed by atoms with Crippen molar-refractivity contribution in [2.24, 2.45) is 5.73 Å². The second-order valence-electron chi connectivity index (χ2n) is 2.28. The summed E-state index contributed by atoms with van der Waals surface area (Å²) in [5.41, 5.74) is 6.00. The van der Waals surface area contributed by atoms with Crippen molar-refractivity contribution in [3.8, 4) is 5.75 Å². The number of nitrogens with two attached hydrogens (primary N) is 1. The Balaban J connectivity index is 3.06. The molecule has 0 fully saturated rings. The molecule has 0 spiro atoms. The van der Waals surface area contributed by atoms with Crippen LogP contribution in [-0.4, -0.2) is 10.2 Å². The summed E-state index contributed by atoms with van der Waals surface area (Å²) in [4.78, 5) is 0. The molecule has 3 nitrogen and oxygen atoms in total. The second kappa shape index (κ2) is 4.26. The molecule has 0 saturated heterocycles. The molecule has 4 N–H and O–H groups in total. The van der Waals surface area contributed by atoms with Crippen molar-refractivity contribution in [1.29, 1.82) is 0 Å². The Kier molecular flexibility index (Phi) is 3.52. The number of anilines is 1. The predicted molar refractivity (Wildman–Crippen MR) is 63.9 cm³/mol. The Morgan fingerprint density at radius 3 is 2.23 bits per heavy atom. The van der Waals surface area contributed by atoms with Crippen molar-refractivity contribution in [3.63, 3.8) is 0 Å². The maximum absolute atomic E-state index is 9.38. The van der Waals surface area contributed by atoms with Gasteiger partial charge in [-0.3, -0.25) is 0 Å². The van der Waals surface area contributed by atoms with Crippen molar-refractivity contribution >= 4 is 54.9 Å². The Hall–Kier alpha value is -0.330. The molecule has 0 aliphatic carbocycles. The van der Waals surface area contributed by atoms with Crippen LogP contribution >= 0.6 is 44.1 Å². The van der Waals surface area contributed by atoms with Crippen LogP contribution in [0.25, 0.3) is 0 Å². The second-order valence-corrected chi connectivity index (χ2v) is 4.43. The van der Waals surface area contributed by atoms with Crippen LogP contribution < -0.4 is 11.1 Å². The first kappa shape index (κ1) is 10.7. The van der Waals surface area contributed by atoms with Gasteiger partial charge in [-0.15, -0.1) is 0 Å². The highest BCUT2D eigenvalue weighted by Crippen LogP contribution is 2.34. The van der Waals surface area contributed by atoms with Crippen molar-refractivity contribution in [3.05, 3.63) is 21.1 Å². The van der Waals surface area contributed by atoms with E-state index in [-0.39, 0.29) is 10.9 Å². The molecule has 0 aromatic heterocycles. The molecule has 1 rings (SSSR count). The van der Waals surface area contributed by atoms with Crippen LogP contribution in [0, 0.1) is 0 Å². The van der Waals surface area contributed by atoms with Gasteiger partial charge in [-0.2, -0.15) is 0 Å². The smallest absolute Gasteiger partial charge is 0.168 e. The van der Waals surface area contributed by atoms with Gasteiger partial charge in [0.15, 0.2) is 5.11 Å². The summed E-state index contributed by atoms with van der Waals surface area (Å²) in [6.45, 7) is 0. The van der Waals surface area contributed by atoms with E-state index in [1.165, 1.54) is 0 Å². The zero-order valence-electron chi connectivity index (χ0n) is 6.34. The minimum absolute atomic E-state index is 0.147. The van der Waals surface area contributed by atoms with E-state index in [9.17, 15) is 5.11 Å². The first-order valence-corrected chi connectivity index (χ1v) is 5.24. The summed E-state index contributed by atoms with van der Waals surface area (Å²) in [6.07, 6.45) is 0. The fraction of sp³-hybridized carbons (Fsp3) is 0. The van der Waals surface area contributed by atoms with Crippen LogP contribution in [0.4, 0.5) is 5.69 Å². The topological polar surface area (TPSA) is 58.3 Å². The van der Waals surface area contributed by atoms with E-state index in [4.69, 9.17) is 5.73 Å². The number of phenols is 1. The van der Waals surface area contributed by atoms with Crippen molar-refractivity contribution in [1.82, 2.24) is 0 Å². The molecule has 70 valence electrons. The molecule has 0 aliphatic rings. The van der Waals surface area contributed by atoms with Crippen LogP contribution in [0.2, 0.25) is 0 Å². The number of hydrogen-bond donors (Lipinski definition) is 3. The molecular weight excluding hydrogens is 320 g/mol. The standard InChI is InChI=1S/C7H6Br2N2OS/c8-4-1-3(11-7(10)13)2-5(9)6(4)12/h1-2,12H,(H3,10,11,13). The number of thiocarbonyl (C=S) groups is 1. The van der Waals surface area contributed by atoms with Gasteiger partial charge in [0.2, 0.25) is 0 Å². The average molecular weight is 326 g/mol. The van der Waals surface area contributed by atoms with Crippen molar-refractivity contribution in [2.75, 3.05) is 5.32 Å². The summed E-state index contributed by atoms with van der Waals surface area (Å²) in [5.74, 6) is 0.147. The third-order valence-corrected chi connectivity index (χ3v) is 2.60. The van der Waals surface area contributed by atoms with Crippen LogP contribution in [0.5, 0.6) is 5.75 Å². The van der Waals surface area contributed by atoms with Gasteiger partial charge in [0.05, 0.1) is 8.95 Å². The predicted octanol–water partition coefficient (Wildman–Crippen LogP) is 2.57. The zero-order chi connectivity index (χ0) is 10.0. The van der Waals surface area contributed by atoms with Gasteiger partial charge in [-0.25, -0.2) is 0 Å². The van der Waals surface area contributed by atoms with E-state index in [1.54, 1.807) is 12.1 Å². The summed E-state index contributed by atoms with van der Waals surface area (Å²) in [5, 5.41) is 12.3. The first-order valence-electron chi connectivity index (χ1n) is 3.25. The molecule has 13 heavy (non-hydrogen) atoms. The minimum Gasteiger partial charge on any atom is -0.506 e. The number of aromatic hydroxyl groups is 1. The zero-order valence-corrected chi connectivity index (χ0v) is 10.3. The normalized spacial score (nSPS) is 9.69. The van der Waals surface area contributed by atoms with Crippen LogP contribution in [0.15, 0.2) is 21.1 Å². The van der Waals surface area contributed by atoms with E-state index in [0.717, 1.165) is 0 Å². The minimum atomic E-state index is 0.147. The third-order valence-electron chi connectivity index (χ3n) is 1.28. The summed E-state index contributed by atoms with van der Waals surface area (Å²) >= 11 is 11.0. The van der Waals surface area contributed by atoms with Gasteiger partial charge in [-0.05, 0) is 56.2 Å². The number of hydrogen-bond acceptors (Lipinski definition) is 2. The lowest BCUT2D eigenvalue weighted by atomic mass is 10.3. The summed E-state index contributed by atoms with van der Waals surface area (Å²) in [6, 6.07) is 3.36. The SMILES string of the molecule is NC(=S)Nc1cc(Br)c(O)c(Br)c1. The van der Waals surface area contributed by atoms with Gasteiger partial charge in [0.1, 0.15) is 5.75 Å². The third kappa shape index (κ3) is 2.82. The highest BCUT2D eigenvalue weighted by Gasteiger charge is 2.05. The van der Waals surface area contributed by atoms with E-state index >= 15 is 0 Å². The molecule has 1 aromatic rings. The van der Waals surface area contributed by atoms with E-state index in [2.05, 4.69) is 49.4 Å². The van der Waals surface area contributed by atoms with Crippen molar-refractivity contribution < 1.29 is 5.11 Å². The lowest BCUT2D eigenvalue weighted by molar-refractivity contribution is 0.468. The van der Waals surface area contributed by atoms with Gasteiger partial charge in [-0.1, -0.05) is 0 Å². The van der Waals surface area contributed by atoms with E-state index < -0.39 is 0 Å². The molecule has 0 atom stereocenters. The number of benzene rings is 1. The molecule has 6 heteroatoms. The van der Waals surface area contributed by atoms with Gasteiger partial charge in [0, 0.05) is 5.69 Å². The van der Waals surface area contributed by atoms with Crippen LogP contribution in [-0.2, 0) is 0 Å². The van der Waals surface area contributed by atoms with Crippen molar-refractivity contribution in [2.45, 2.75) is 0 Å². The Labute approximate surface area is 97.6 Å². The molecule has 0 saturated carbocycles. The molecule has 0 aliphatic heterocycles. The maximum Gasteiger partial charge on any atom is 0.168 e. The summed E-state index contributed by atoms with van der Waals surface area (Å²) < 4.78 is 1.14. The fourth-order valence-electron chi connectivity index (χ4n) is 0.780. The molecule has 0 radical (unpaired) electrons. The number of rotatable bonds is 1. The number of nitrogens with one attached hydrogen (secondary N) is 1. The highest BCUT2D eigenvalue weighted by atomic mass is 79.9. The molecular formula is C7H6Br2N2OS. The molecule has 0 bridgehead atoms. The lowest BCUT2D eigenvalue weighted by Crippen LogP contribution is -2.18. The molecule has 0 heterocycles. The van der Waals surface area contributed by atoms with Crippen LogP contribution in [0.3, 0.4) is 0 Å².